The Morgan fingerprint density at radius 1 is 1.24 bits per heavy atom. The van der Waals surface area contributed by atoms with Crippen LogP contribution >= 0.6 is 11.8 Å². The topological polar surface area (TPSA) is 66.4 Å². The number of carbonyl (C=O) groups is 2. The third-order valence-corrected chi connectivity index (χ3v) is 4.68. The zero-order chi connectivity index (χ0) is 18.5. The van der Waals surface area contributed by atoms with E-state index in [1.807, 2.05) is 48.7 Å². The predicted octanol–water partition coefficient (Wildman–Crippen LogP) is 4.06. The van der Waals surface area contributed by atoms with Gasteiger partial charge in [0.1, 0.15) is 5.54 Å². The van der Waals surface area contributed by atoms with E-state index >= 15 is 0 Å². The van der Waals surface area contributed by atoms with Crippen LogP contribution in [-0.2, 0) is 16.0 Å². The van der Waals surface area contributed by atoms with E-state index < -0.39 is 11.5 Å². The highest BCUT2D eigenvalue weighted by atomic mass is 32.2. The Morgan fingerprint density at radius 2 is 1.96 bits per heavy atom. The molecule has 1 rings (SSSR count). The van der Waals surface area contributed by atoms with E-state index in [1.165, 1.54) is 0 Å². The molecule has 0 heterocycles. The Labute approximate surface area is 155 Å². The number of hydrogen-bond donors (Lipinski definition) is 2. The summed E-state index contributed by atoms with van der Waals surface area (Å²) in [6.07, 6.45) is 9.81. The van der Waals surface area contributed by atoms with Crippen molar-refractivity contribution in [3.05, 3.63) is 48.0 Å². The molecule has 0 aliphatic rings. The van der Waals surface area contributed by atoms with Crippen LogP contribution in [0.4, 0.5) is 0 Å². The summed E-state index contributed by atoms with van der Waals surface area (Å²) in [5.41, 5.74) is -0.358. The molecule has 1 aromatic rings. The summed E-state index contributed by atoms with van der Waals surface area (Å²) >= 11 is 1.58. The minimum Gasteiger partial charge on any atom is -0.479 e. The molecule has 0 aromatic heterocycles. The Morgan fingerprint density at radius 3 is 2.56 bits per heavy atom. The first kappa shape index (κ1) is 21.3. The lowest BCUT2D eigenvalue weighted by molar-refractivity contribution is -0.147. The number of nitrogens with one attached hydrogen (secondary N) is 1. The van der Waals surface area contributed by atoms with Gasteiger partial charge in [-0.15, -0.1) is 0 Å². The number of carboxylic acid groups (broad SMARTS) is 1. The molecule has 1 aromatic carbocycles. The van der Waals surface area contributed by atoms with E-state index in [1.54, 1.807) is 11.8 Å². The van der Waals surface area contributed by atoms with Crippen molar-refractivity contribution in [3.8, 4) is 0 Å². The summed E-state index contributed by atoms with van der Waals surface area (Å²) in [5, 5.41) is 12.7. The van der Waals surface area contributed by atoms with E-state index in [-0.39, 0.29) is 18.7 Å². The van der Waals surface area contributed by atoms with E-state index in [0.29, 0.717) is 12.2 Å². The van der Waals surface area contributed by atoms with Gasteiger partial charge in [-0.25, -0.2) is 4.79 Å². The normalized spacial score (nSPS) is 13.5. The van der Waals surface area contributed by atoms with Crippen molar-refractivity contribution < 1.29 is 14.7 Å². The predicted molar refractivity (Wildman–Crippen MR) is 105 cm³/mol. The molecule has 1 amide bonds. The third kappa shape index (κ3) is 7.78. The van der Waals surface area contributed by atoms with Crippen molar-refractivity contribution in [1.82, 2.24) is 5.32 Å². The number of carbonyl (C=O) groups excluding carboxylic acids is 1. The Bertz CT molecular complexity index is 559. The first-order chi connectivity index (χ1) is 12.0. The van der Waals surface area contributed by atoms with E-state index in [4.69, 9.17) is 0 Å². The average molecular weight is 364 g/mol. The first-order valence-electron chi connectivity index (χ1n) is 8.76. The molecule has 0 spiro atoms. The van der Waals surface area contributed by atoms with Gasteiger partial charge in [0.25, 0.3) is 0 Å². The van der Waals surface area contributed by atoms with Crippen LogP contribution in [0, 0.1) is 0 Å². The average Bonchev–Trinajstić information content (AvgIpc) is 2.60. The molecular formula is C20H29NO3S. The van der Waals surface area contributed by atoms with Crippen molar-refractivity contribution in [2.24, 2.45) is 0 Å². The molecule has 0 aliphatic carbocycles. The van der Waals surface area contributed by atoms with Gasteiger partial charge in [0.2, 0.25) is 5.91 Å². The molecule has 0 saturated heterocycles. The van der Waals surface area contributed by atoms with Crippen molar-refractivity contribution in [3.63, 3.8) is 0 Å². The molecule has 2 N–H and O–H groups in total. The Hall–Kier alpha value is -1.75. The largest absolute Gasteiger partial charge is 0.479 e. The number of unbranched alkanes of at least 4 members (excludes halogenated alkanes) is 2. The quantitative estimate of drug-likeness (QED) is 0.434. The monoisotopic (exact) mass is 363 g/mol. The van der Waals surface area contributed by atoms with Crippen molar-refractivity contribution in [2.75, 3.05) is 12.0 Å². The van der Waals surface area contributed by atoms with Gasteiger partial charge in [0, 0.05) is 12.8 Å². The van der Waals surface area contributed by atoms with Crippen LogP contribution in [0.15, 0.2) is 42.5 Å². The number of thioether (sulfide) groups is 1. The maximum atomic E-state index is 12.3. The second-order valence-corrected chi connectivity index (χ2v) is 7.14. The van der Waals surface area contributed by atoms with Gasteiger partial charge in [-0.05, 0) is 30.4 Å². The SMILES string of the molecule is CCCC/C=C/CC(=O)N[C@@](CCSC)(Cc1ccccc1)C(=O)O. The number of rotatable bonds is 12. The van der Waals surface area contributed by atoms with Crippen molar-refractivity contribution in [1.29, 1.82) is 0 Å². The van der Waals surface area contributed by atoms with Crippen LogP contribution in [0.5, 0.6) is 0 Å². The van der Waals surface area contributed by atoms with Crippen LogP contribution < -0.4 is 5.32 Å². The molecule has 0 unspecified atom stereocenters. The van der Waals surface area contributed by atoms with Crippen LogP contribution in [0.3, 0.4) is 0 Å². The van der Waals surface area contributed by atoms with E-state index in [2.05, 4.69) is 12.2 Å². The second kappa shape index (κ2) is 11.7. The minimum atomic E-state index is -1.27. The molecule has 0 aliphatic heterocycles. The van der Waals surface area contributed by atoms with Crippen molar-refractivity contribution >= 4 is 23.6 Å². The molecule has 138 valence electrons. The van der Waals surface area contributed by atoms with E-state index in [0.717, 1.165) is 24.8 Å². The Balaban J connectivity index is 2.83. The molecule has 0 saturated carbocycles. The third-order valence-electron chi connectivity index (χ3n) is 4.06. The van der Waals surface area contributed by atoms with Crippen LogP contribution in [0.1, 0.15) is 44.6 Å². The van der Waals surface area contributed by atoms with Crippen LogP contribution in [0.25, 0.3) is 0 Å². The van der Waals surface area contributed by atoms with Gasteiger partial charge in [-0.2, -0.15) is 11.8 Å². The first-order valence-corrected chi connectivity index (χ1v) is 10.2. The number of carboxylic acids is 1. The molecule has 0 bridgehead atoms. The van der Waals surface area contributed by atoms with Crippen LogP contribution in [0.2, 0.25) is 0 Å². The summed E-state index contributed by atoms with van der Waals surface area (Å²) in [4.78, 5) is 24.4. The zero-order valence-electron chi connectivity index (χ0n) is 15.2. The smallest absolute Gasteiger partial charge is 0.329 e. The lowest BCUT2D eigenvalue weighted by atomic mass is 9.87. The molecule has 25 heavy (non-hydrogen) atoms. The van der Waals surface area contributed by atoms with Gasteiger partial charge in [-0.1, -0.05) is 62.2 Å². The fraction of sp³-hybridized carbons (Fsp3) is 0.500. The van der Waals surface area contributed by atoms with E-state index in [9.17, 15) is 14.7 Å². The molecular weight excluding hydrogens is 334 g/mol. The second-order valence-electron chi connectivity index (χ2n) is 6.16. The van der Waals surface area contributed by atoms with Crippen molar-refractivity contribution in [2.45, 2.75) is 51.0 Å². The highest BCUT2D eigenvalue weighted by molar-refractivity contribution is 7.98. The molecule has 0 radical (unpaired) electrons. The highest BCUT2D eigenvalue weighted by Crippen LogP contribution is 2.21. The summed E-state index contributed by atoms with van der Waals surface area (Å²) in [6, 6.07) is 9.46. The summed E-state index contributed by atoms with van der Waals surface area (Å²) < 4.78 is 0. The van der Waals surface area contributed by atoms with Crippen LogP contribution in [-0.4, -0.2) is 34.5 Å². The number of hydrogen-bond acceptors (Lipinski definition) is 3. The molecule has 4 nitrogen and oxygen atoms in total. The van der Waals surface area contributed by atoms with Gasteiger partial charge in [0.05, 0.1) is 0 Å². The fourth-order valence-electron chi connectivity index (χ4n) is 2.60. The standard InChI is InChI=1S/C20H29NO3S/c1-3-4-5-6-10-13-18(22)21-20(19(23)24,14-15-25-2)16-17-11-8-7-9-12-17/h6-12H,3-5,13-16H2,1-2H3,(H,21,22)(H,23,24)/b10-6+/t20-/m0/s1. The lowest BCUT2D eigenvalue weighted by Gasteiger charge is -2.30. The summed E-state index contributed by atoms with van der Waals surface area (Å²) in [5.74, 6) is -0.549. The number of amides is 1. The number of allylic oxidation sites excluding steroid dienone is 1. The zero-order valence-corrected chi connectivity index (χ0v) is 16.0. The molecule has 1 atom stereocenters. The van der Waals surface area contributed by atoms with Gasteiger partial charge in [-0.3, -0.25) is 4.79 Å². The summed E-state index contributed by atoms with van der Waals surface area (Å²) in [7, 11) is 0. The number of benzene rings is 1. The fourth-order valence-corrected chi connectivity index (χ4v) is 3.15. The maximum absolute atomic E-state index is 12.3. The van der Waals surface area contributed by atoms with Gasteiger partial charge >= 0.3 is 5.97 Å². The maximum Gasteiger partial charge on any atom is 0.329 e. The Kier molecular flexibility index (Phi) is 10.0. The van der Waals surface area contributed by atoms with Gasteiger partial charge in [0.15, 0.2) is 0 Å². The molecule has 5 heteroatoms. The summed E-state index contributed by atoms with van der Waals surface area (Å²) in [6.45, 7) is 2.12. The van der Waals surface area contributed by atoms with Gasteiger partial charge < -0.3 is 10.4 Å². The lowest BCUT2D eigenvalue weighted by Crippen LogP contribution is -2.56. The molecule has 0 fully saturated rings. The minimum absolute atomic E-state index is 0.215. The highest BCUT2D eigenvalue weighted by Gasteiger charge is 2.39. The number of aliphatic carboxylic acids is 1.